The Balaban J connectivity index is 2.19. The lowest BCUT2D eigenvalue weighted by Gasteiger charge is -2.09. The molecule has 4 heteroatoms. The molecule has 0 radical (unpaired) electrons. The number of carbonyl (C=O) groups excluding carboxylic acids is 1. The third-order valence-corrected chi connectivity index (χ3v) is 4.56. The largest absolute Gasteiger partial charge is 0.332 e. The van der Waals surface area contributed by atoms with Gasteiger partial charge in [0, 0.05) is 20.2 Å². The van der Waals surface area contributed by atoms with E-state index in [9.17, 15) is 9.36 Å². The molecular weight excluding hydrogens is 247 g/mol. The van der Waals surface area contributed by atoms with Gasteiger partial charge in [-0.15, -0.1) is 0 Å². The van der Waals surface area contributed by atoms with Crippen LogP contribution in [0.15, 0.2) is 30.3 Å². The average molecular weight is 268 g/mol. The van der Waals surface area contributed by atoms with Crippen molar-refractivity contribution in [1.82, 2.24) is 0 Å². The predicted molar refractivity (Wildman–Crippen MR) is 74.4 cm³/mol. The van der Waals surface area contributed by atoms with Crippen LogP contribution in [0.5, 0.6) is 0 Å². The Morgan fingerprint density at radius 3 is 2.50 bits per heavy atom. The molecular formula is C14H21O3P. The maximum Gasteiger partial charge on any atom is 0.207 e. The van der Waals surface area contributed by atoms with Crippen LogP contribution < -0.4 is 0 Å². The van der Waals surface area contributed by atoms with Gasteiger partial charge in [0.2, 0.25) is 7.37 Å². The normalized spacial score (nSPS) is 14.1. The molecule has 1 aromatic carbocycles. The van der Waals surface area contributed by atoms with Crippen LogP contribution in [0.2, 0.25) is 0 Å². The van der Waals surface area contributed by atoms with Crippen LogP contribution in [0.4, 0.5) is 0 Å². The molecule has 3 nitrogen and oxygen atoms in total. The summed E-state index contributed by atoms with van der Waals surface area (Å²) >= 11 is 0. The second kappa shape index (κ2) is 7.50. The molecule has 0 aliphatic carbocycles. The highest BCUT2D eigenvalue weighted by molar-refractivity contribution is 7.59. The molecule has 0 bridgehead atoms. The molecule has 1 unspecified atom stereocenters. The Morgan fingerprint density at radius 1 is 1.22 bits per heavy atom. The zero-order valence-corrected chi connectivity index (χ0v) is 12.0. The Kier molecular flexibility index (Phi) is 6.31. The first-order valence-electron chi connectivity index (χ1n) is 6.21. The Hall–Kier alpha value is -0.920. The number of rotatable bonds is 8. The first kappa shape index (κ1) is 15.1. The van der Waals surface area contributed by atoms with E-state index < -0.39 is 7.37 Å². The van der Waals surface area contributed by atoms with Crippen LogP contribution in [0.25, 0.3) is 0 Å². The fraction of sp³-hybridized carbons (Fsp3) is 0.500. The van der Waals surface area contributed by atoms with Crippen molar-refractivity contribution in [1.29, 1.82) is 0 Å². The smallest absolute Gasteiger partial charge is 0.207 e. The third kappa shape index (κ3) is 6.13. The van der Waals surface area contributed by atoms with E-state index in [2.05, 4.69) is 12.1 Å². The van der Waals surface area contributed by atoms with Crippen LogP contribution in [0, 0.1) is 0 Å². The SMILES string of the molecule is COP(C)(=O)CC(=O)CCCCc1ccccc1. The fourth-order valence-electron chi connectivity index (χ4n) is 1.76. The lowest BCUT2D eigenvalue weighted by atomic mass is 10.1. The van der Waals surface area contributed by atoms with Gasteiger partial charge in [-0.05, 0) is 24.8 Å². The summed E-state index contributed by atoms with van der Waals surface area (Å²) in [7, 11) is -1.29. The second-order valence-corrected chi connectivity index (χ2v) is 7.30. The highest BCUT2D eigenvalue weighted by Crippen LogP contribution is 2.41. The number of aryl methyl sites for hydroxylation is 1. The number of hydrogen-bond donors (Lipinski definition) is 0. The maximum atomic E-state index is 11.6. The predicted octanol–water partition coefficient (Wildman–Crippen LogP) is 3.52. The lowest BCUT2D eigenvalue weighted by molar-refractivity contribution is -0.116. The molecule has 0 aliphatic rings. The van der Waals surface area contributed by atoms with Crippen molar-refractivity contribution >= 4 is 13.2 Å². The van der Waals surface area contributed by atoms with Gasteiger partial charge < -0.3 is 4.52 Å². The summed E-state index contributed by atoms with van der Waals surface area (Å²) in [6.45, 7) is 1.51. The molecule has 0 spiro atoms. The highest BCUT2D eigenvalue weighted by Gasteiger charge is 2.18. The Labute approximate surface area is 109 Å². The van der Waals surface area contributed by atoms with Gasteiger partial charge in [-0.2, -0.15) is 0 Å². The molecule has 0 aromatic heterocycles. The highest BCUT2D eigenvalue weighted by atomic mass is 31.2. The van der Waals surface area contributed by atoms with Gasteiger partial charge >= 0.3 is 0 Å². The standard InChI is InChI=1S/C14H21O3P/c1-17-18(2,16)12-14(15)11-7-6-10-13-8-4-3-5-9-13/h3-5,8-9H,6-7,10-12H2,1-2H3. The molecule has 0 amide bonds. The molecule has 1 rings (SSSR count). The zero-order chi connectivity index (χ0) is 13.4. The summed E-state index contributed by atoms with van der Waals surface area (Å²) in [5, 5.41) is 0. The van der Waals surface area contributed by atoms with E-state index in [1.165, 1.54) is 19.3 Å². The van der Waals surface area contributed by atoms with Gasteiger partial charge in [-0.25, -0.2) is 0 Å². The zero-order valence-electron chi connectivity index (χ0n) is 11.1. The molecule has 100 valence electrons. The van der Waals surface area contributed by atoms with Crippen molar-refractivity contribution in [3.05, 3.63) is 35.9 Å². The van der Waals surface area contributed by atoms with Gasteiger partial charge in [0.25, 0.3) is 0 Å². The molecule has 1 atom stereocenters. The average Bonchev–Trinajstić information content (AvgIpc) is 2.35. The molecule has 0 saturated carbocycles. The Morgan fingerprint density at radius 2 is 1.89 bits per heavy atom. The summed E-state index contributed by atoms with van der Waals surface area (Å²) in [5.74, 6) is 0.0377. The van der Waals surface area contributed by atoms with E-state index in [4.69, 9.17) is 4.52 Å². The monoisotopic (exact) mass is 268 g/mol. The molecule has 0 heterocycles. The van der Waals surface area contributed by atoms with E-state index >= 15 is 0 Å². The van der Waals surface area contributed by atoms with Crippen LogP contribution >= 0.6 is 7.37 Å². The quantitative estimate of drug-likeness (QED) is 0.535. The maximum absolute atomic E-state index is 11.6. The van der Waals surface area contributed by atoms with Gasteiger partial charge in [0.15, 0.2) is 0 Å². The van der Waals surface area contributed by atoms with E-state index in [0.29, 0.717) is 6.42 Å². The molecule has 1 aromatic rings. The van der Waals surface area contributed by atoms with Crippen molar-refractivity contribution in [2.24, 2.45) is 0 Å². The van der Waals surface area contributed by atoms with E-state index in [-0.39, 0.29) is 11.9 Å². The lowest BCUT2D eigenvalue weighted by Crippen LogP contribution is -2.06. The number of carbonyl (C=O) groups is 1. The summed E-state index contributed by atoms with van der Waals surface area (Å²) in [6, 6.07) is 10.2. The van der Waals surface area contributed by atoms with E-state index in [0.717, 1.165) is 19.3 Å². The minimum atomic E-state index is -2.69. The number of benzene rings is 1. The van der Waals surface area contributed by atoms with Crippen molar-refractivity contribution in [2.45, 2.75) is 25.7 Å². The van der Waals surface area contributed by atoms with Gasteiger partial charge in [0.05, 0.1) is 6.16 Å². The molecule has 0 N–H and O–H groups in total. The minimum absolute atomic E-state index is 0.0377. The molecule has 0 saturated heterocycles. The molecule has 18 heavy (non-hydrogen) atoms. The first-order valence-corrected chi connectivity index (χ1v) is 8.47. The van der Waals surface area contributed by atoms with Crippen molar-refractivity contribution in [3.63, 3.8) is 0 Å². The van der Waals surface area contributed by atoms with Gasteiger partial charge in [-0.3, -0.25) is 9.36 Å². The van der Waals surface area contributed by atoms with E-state index in [1.54, 1.807) is 0 Å². The van der Waals surface area contributed by atoms with Gasteiger partial charge in [-0.1, -0.05) is 30.3 Å². The second-order valence-electron chi connectivity index (χ2n) is 4.59. The number of unbranched alkanes of at least 4 members (excludes halogenated alkanes) is 1. The minimum Gasteiger partial charge on any atom is -0.332 e. The summed E-state index contributed by atoms with van der Waals surface area (Å²) < 4.78 is 16.4. The summed E-state index contributed by atoms with van der Waals surface area (Å²) in [5.41, 5.74) is 1.29. The number of Topliss-reactive ketones (excluding diaryl/α,β-unsaturated/α-hetero) is 1. The van der Waals surface area contributed by atoms with Crippen molar-refractivity contribution in [2.75, 3.05) is 19.9 Å². The van der Waals surface area contributed by atoms with Crippen LogP contribution in [0.1, 0.15) is 24.8 Å². The first-order chi connectivity index (χ1) is 8.53. The molecule has 0 fully saturated rings. The van der Waals surface area contributed by atoms with Gasteiger partial charge in [0.1, 0.15) is 5.78 Å². The van der Waals surface area contributed by atoms with Crippen molar-refractivity contribution < 1.29 is 13.9 Å². The number of ketones is 1. The summed E-state index contributed by atoms with van der Waals surface area (Å²) in [6.07, 6.45) is 3.37. The fourth-order valence-corrected chi connectivity index (χ4v) is 2.69. The van der Waals surface area contributed by atoms with Crippen LogP contribution in [-0.4, -0.2) is 25.7 Å². The van der Waals surface area contributed by atoms with E-state index in [1.807, 2.05) is 18.2 Å². The topological polar surface area (TPSA) is 43.4 Å². The van der Waals surface area contributed by atoms with Crippen LogP contribution in [0.3, 0.4) is 0 Å². The third-order valence-electron chi connectivity index (χ3n) is 2.86. The van der Waals surface area contributed by atoms with Crippen molar-refractivity contribution in [3.8, 4) is 0 Å². The molecule has 0 aliphatic heterocycles. The van der Waals surface area contributed by atoms with Crippen LogP contribution in [-0.2, 0) is 20.3 Å². The Bertz CT molecular complexity index is 414. The summed E-state index contributed by atoms with van der Waals surface area (Å²) in [4.78, 5) is 11.6. The number of hydrogen-bond acceptors (Lipinski definition) is 3.